The third-order valence-corrected chi connectivity index (χ3v) is 5.75. The minimum absolute atomic E-state index is 0.0407. The molecule has 1 amide bonds. The van der Waals surface area contributed by atoms with E-state index < -0.39 is 11.9 Å². The zero-order chi connectivity index (χ0) is 27.1. The Balaban J connectivity index is 1.85. The van der Waals surface area contributed by atoms with E-state index in [1.807, 2.05) is 18.2 Å². The van der Waals surface area contributed by atoms with Crippen molar-refractivity contribution in [2.24, 2.45) is 5.73 Å². The van der Waals surface area contributed by atoms with Gasteiger partial charge in [-0.05, 0) is 65.0 Å². The van der Waals surface area contributed by atoms with E-state index in [1.165, 1.54) is 14.2 Å². The van der Waals surface area contributed by atoms with Crippen LogP contribution in [0.3, 0.4) is 0 Å². The fourth-order valence-corrected chi connectivity index (χ4v) is 3.97. The van der Waals surface area contributed by atoms with Crippen molar-refractivity contribution in [1.82, 2.24) is 0 Å². The van der Waals surface area contributed by atoms with E-state index >= 15 is 0 Å². The van der Waals surface area contributed by atoms with Gasteiger partial charge in [-0.2, -0.15) is 0 Å². The molecular formula is C29H27N3O6. The molecule has 194 valence electrons. The number of fused-ring (bicyclic) bond motifs is 1. The second-order valence-electron chi connectivity index (χ2n) is 8.25. The van der Waals surface area contributed by atoms with Crippen molar-refractivity contribution in [3.63, 3.8) is 0 Å². The Bertz CT molecular complexity index is 1480. The van der Waals surface area contributed by atoms with Crippen LogP contribution in [0.15, 0.2) is 78.9 Å². The molecule has 0 heterocycles. The lowest BCUT2D eigenvalue weighted by atomic mass is 9.91. The van der Waals surface area contributed by atoms with Gasteiger partial charge in [0, 0.05) is 36.4 Å². The van der Waals surface area contributed by atoms with Crippen LogP contribution in [0.25, 0.3) is 21.9 Å². The number of hydrogen-bond acceptors (Lipinski definition) is 7. The normalized spacial score (nSPS) is 10.7. The summed E-state index contributed by atoms with van der Waals surface area (Å²) in [7, 11) is 2.95. The number of nitrogens with two attached hydrogens (primary N) is 1. The lowest BCUT2D eigenvalue weighted by Gasteiger charge is -2.17. The topological polar surface area (TPSA) is 133 Å². The van der Waals surface area contributed by atoms with Gasteiger partial charge in [-0.15, -0.1) is 0 Å². The summed E-state index contributed by atoms with van der Waals surface area (Å²) in [4.78, 5) is 26.5. The molecule has 0 radical (unpaired) electrons. The number of esters is 1. The first-order valence-electron chi connectivity index (χ1n) is 11.6. The van der Waals surface area contributed by atoms with Crippen LogP contribution in [0.1, 0.15) is 26.3 Å². The maximum atomic E-state index is 13.7. The van der Waals surface area contributed by atoms with E-state index in [4.69, 9.17) is 30.1 Å². The van der Waals surface area contributed by atoms with Gasteiger partial charge in [0.05, 0.1) is 5.56 Å². The van der Waals surface area contributed by atoms with Crippen LogP contribution in [0.4, 0.5) is 5.69 Å². The number of rotatable bonds is 10. The van der Waals surface area contributed by atoms with Crippen molar-refractivity contribution >= 4 is 34.2 Å². The molecule has 0 bridgehead atoms. The van der Waals surface area contributed by atoms with Gasteiger partial charge in [-0.3, -0.25) is 10.2 Å². The lowest BCUT2D eigenvalue weighted by Crippen LogP contribution is -2.15. The number of carbonyl (C=O) groups excluding carboxylic acids is 2. The largest absolute Gasteiger partial charge is 0.467 e. The van der Waals surface area contributed by atoms with Gasteiger partial charge >= 0.3 is 5.97 Å². The van der Waals surface area contributed by atoms with Crippen molar-refractivity contribution in [2.45, 2.75) is 0 Å². The van der Waals surface area contributed by atoms with Gasteiger partial charge in [0.1, 0.15) is 11.6 Å². The number of carbonyl (C=O) groups is 2. The van der Waals surface area contributed by atoms with Crippen molar-refractivity contribution in [3.05, 3.63) is 95.6 Å². The standard InChI is InChI=1S/C29H27N3O6/c1-35-16-37-26-9-5-6-19-14-24(21-7-3-4-8-22(21)29(34)38-17-36-2)25(15-23(19)26)28(33)32-20-12-10-18(11-13-20)27(30)31/h3-15H,16-17H2,1-2H3,(H3,30,31)(H,32,33). The number of nitrogen functional groups attached to an aromatic ring is 1. The summed E-state index contributed by atoms with van der Waals surface area (Å²) in [6, 6.07) is 22.6. The Morgan fingerprint density at radius 2 is 1.58 bits per heavy atom. The summed E-state index contributed by atoms with van der Waals surface area (Å²) in [6.45, 7) is -0.159. The first-order valence-corrected chi connectivity index (χ1v) is 11.6. The highest BCUT2D eigenvalue weighted by atomic mass is 16.7. The molecule has 0 spiro atoms. The summed E-state index contributed by atoms with van der Waals surface area (Å²) >= 11 is 0. The Morgan fingerprint density at radius 3 is 2.29 bits per heavy atom. The maximum Gasteiger partial charge on any atom is 0.340 e. The molecule has 0 atom stereocenters. The smallest absolute Gasteiger partial charge is 0.340 e. The van der Waals surface area contributed by atoms with Crippen LogP contribution in [-0.2, 0) is 14.2 Å². The summed E-state index contributed by atoms with van der Waals surface area (Å²) < 4.78 is 20.9. The molecule has 4 aromatic rings. The number of benzene rings is 4. The number of anilines is 1. The number of ether oxygens (including phenoxy) is 4. The van der Waals surface area contributed by atoms with Crippen LogP contribution in [-0.4, -0.2) is 45.5 Å². The number of amidine groups is 1. The molecule has 0 aliphatic heterocycles. The second-order valence-corrected chi connectivity index (χ2v) is 8.25. The van der Waals surface area contributed by atoms with E-state index in [1.54, 1.807) is 60.7 Å². The van der Waals surface area contributed by atoms with Gasteiger partial charge in [-0.1, -0.05) is 30.3 Å². The third-order valence-electron chi connectivity index (χ3n) is 5.75. The highest BCUT2D eigenvalue weighted by Crippen LogP contribution is 2.35. The van der Waals surface area contributed by atoms with Gasteiger partial charge < -0.3 is 30.0 Å². The average Bonchev–Trinajstić information content (AvgIpc) is 2.94. The SMILES string of the molecule is COCOC(=O)c1ccccc1-c1cc2cccc(OCOC)c2cc1C(=O)Nc1ccc(C(=N)N)cc1. The van der Waals surface area contributed by atoms with E-state index in [0.717, 1.165) is 5.39 Å². The molecule has 0 aliphatic carbocycles. The zero-order valence-electron chi connectivity index (χ0n) is 20.9. The first kappa shape index (κ1) is 26.3. The number of nitrogens with one attached hydrogen (secondary N) is 2. The van der Waals surface area contributed by atoms with E-state index in [0.29, 0.717) is 39.1 Å². The molecule has 0 fully saturated rings. The minimum Gasteiger partial charge on any atom is -0.467 e. The highest BCUT2D eigenvalue weighted by molar-refractivity contribution is 6.13. The predicted molar refractivity (Wildman–Crippen MR) is 145 cm³/mol. The fraction of sp³-hybridized carbons (Fsp3) is 0.138. The first-order chi connectivity index (χ1) is 18.4. The molecule has 9 nitrogen and oxygen atoms in total. The number of methoxy groups -OCH3 is 2. The van der Waals surface area contributed by atoms with Gasteiger partial charge in [0.15, 0.2) is 13.6 Å². The highest BCUT2D eigenvalue weighted by Gasteiger charge is 2.21. The summed E-state index contributed by atoms with van der Waals surface area (Å²) in [5.74, 6) is -0.506. The monoisotopic (exact) mass is 513 g/mol. The quantitative estimate of drug-likeness (QED) is 0.120. The lowest BCUT2D eigenvalue weighted by molar-refractivity contribution is -0.0124. The van der Waals surface area contributed by atoms with E-state index in [9.17, 15) is 9.59 Å². The van der Waals surface area contributed by atoms with Gasteiger partial charge in [-0.25, -0.2) is 4.79 Å². The second kappa shape index (κ2) is 12.0. The van der Waals surface area contributed by atoms with Crippen LogP contribution in [0, 0.1) is 5.41 Å². The van der Waals surface area contributed by atoms with Crippen LogP contribution < -0.4 is 15.8 Å². The molecule has 38 heavy (non-hydrogen) atoms. The molecule has 4 N–H and O–H groups in total. The van der Waals surface area contributed by atoms with Gasteiger partial charge in [0.2, 0.25) is 0 Å². The third kappa shape index (κ3) is 5.80. The molecule has 9 heteroatoms. The Kier molecular flexibility index (Phi) is 8.32. The number of hydrogen-bond donors (Lipinski definition) is 3. The average molecular weight is 514 g/mol. The van der Waals surface area contributed by atoms with Gasteiger partial charge in [0.25, 0.3) is 5.91 Å². The molecule has 0 aliphatic rings. The molecule has 0 aromatic heterocycles. The van der Waals surface area contributed by atoms with E-state index in [2.05, 4.69) is 5.32 Å². The van der Waals surface area contributed by atoms with Crippen molar-refractivity contribution in [3.8, 4) is 16.9 Å². The molecule has 0 unspecified atom stereocenters. The van der Waals surface area contributed by atoms with Crippen LogP contribution in [0.2, 0.25) is 0 Å². The van der Waals surface area contributed by atoms with Crippen molar-refractivity contribution in [1.29, 1.82) is 5.41 Å². The summed E-state index contributed by atoms with van der Waals surface area (Å²) in [5, 5.41) is 12.0. The molecule has 0 saturated carbocycles. The molecule has 4 aromatic carbocycles. The molecule has 4 rings (SSSR count). The summed E-state index contributed by atoms with van der Waals surface area (Å²) in [6.07, 6.45) is 0. The van der Waals surface area contributed by atoms with Crippen LogP contribution >= 0.6 is 0 Å². The fourth-order valence-electron chi connectivity index (χ4n) is 3.97. The van der Waals surface area contributed by atoms with Crippen molar-refractivity contribution < 1.29 is 28.5 Å². The Hall–Kier alpha value is -4.73. The predicted octanol–water partition coefficient (Wildman–Crippen LogP) is 4.79. The maximum absolute atomic E-state index is 13.7. The molecule has 0 saturated heterocycles. The minimum atomic E-state index is -0.578. The van der Waals surface area contributed by atoms with E-state index in [-0.39, 0.29) is 25.0 Å². The summed E-state index contributed by atoms with van der Waals surface area (Å²) in [5.41, 5.74) is 8.25. The van der Waals surface area contributed by atoms with Crippen LogP contribution in [0.5, 0.6) is 5.75 Å². The Labute approximate surface area is 219 Å². The Morgan fingerprint density at radius 1 is 0.842 bits per heavy atom. The zero-order valence-corrected chi connectivity index (χ0v) is 20.9. The molecular weight excluding hydrogens is 486 g/mol. The number of amides is 1. The van der Waals surface area contributed by atoms with Crippen molar-refractivity contribution in [2.75, 3.05) is 33.1 Å².